The van der Waals surface area contributed by atoms with Crippen LogP contribution < -0.4 is 0 Å². The predicted octanol–water partition coefficient (Wildman–Crippen LogP) is 5.51. The van der Waals surface area contributed by atoms with Crippen LogP contribution >= 0.6 is 0 Å². The van der Waals surface area contributed by atoms with Gasteiger partial charge in [-0.25, -0.2) is 0 Å². The average molecular weight is 479 g/mol. The van der Waals surface area contributed by atoms with Gasteiger partial charge in [-0.05, 0) is 22.7 Å². The summed E-state index contributed by atoms with van der Waals surface area (Å²) in [4.78, 5) is 4.36. The fourth-order valence-corrected chi connectivity index (χ4v) is 2.45. The van der Waals surface area contributed by atoms with Crippen LogP contribution in [0, 0.1) is 6.07 Å². The Kier molecular flexibility index (Phi) is 5.51. The van der Waals surface area contributed by atoms with E-state index in [9.17, 15) is 0 Å². The Morgan fingerprint density at radius 3 is 2.04 bits per heavy atom. The second-order valence-electron chi connectivity index (χ2n) is 6.53. The molecule has 1 aromatic heterocycles. The largest absolute Gasteiger partial charge is 0.305 e. The molecule has 0 aliphatic rings. The Balaban J connectivity index is 0.00000192. The van der Waals surface area contributed by atoms with Crippen LogP contribution in [0.5, 0.6) is 0 Å². The molecule has 0 saturated heterocycles. The summed E-state index contributed by atoms with van der Waals surface area (Å²) in [5, 5.41) is 0. The van der Waals surface area contributed by atoms with E-state index in [0.29, 0.717) is 0 Å². The molecular formula is C21H20IrN-. The fourth-order valence-electron chi connectivity index (χ4n) is 2.45. The van der Waals surface area contributed by atoms with Crippen molar-refractivity contribution < 1.29 is 20.1 Å². The van der Waals surface area contributed by atoms with Crippen LogP contribution in [0.2, 0.25) is 0 Å². The fraction of sp³-hybridized carbons (Fsp3) is 0.190. The van der Waals surface area contributed by atoms with E-state index in [2.05, 4.69) is 68.2 Å². The van der Waals surface area contributed by atoms with E-state index in [4.69, 9.17) is 0 Å². The number of hydrogen-bond acceptors (Lipinski definition) is 1. The maximum absolute atomic E-state index is 4.36. The maximum Gasteiger partial charge on any atom is 0.0160 e. The molecule has 1 nitrogen and oxygen atoms in total. The van der Waals surface area contributed by atoms with Crippen LogP contribution in [-0.4, -0.2) is 4.98 Å². The summed E-state index contributed by atoms with van der Waals surface area (Å²) in [6, 6.07) is 24.3. The SMILES string of the molecule is CC(C)(C)c1ccc(-c2c[c-]c(-c3ccccn3)cc2)cc1.[Ir]. The summed E-state index contributed by atoms with van der Waals surface area (Å²) < 4.78 is 0. The van der Waals surface area contributed by atoms with E-state index in [0.717, 1.165) is 11.3 Å². The second kappa shape index (κ2) is 7.21. The van der Waals surface area contributed by atoms with Crippen molar-refractivity contribution in [3.63, 3.8) is 0 Å². The number of benzene rings is 2. The van der Waals surface area contributed by atoms with Crippen molar-refractivity contribution >= 4 is 0 Å². The van der Waals surface area contributed by atoms with Crippen LogP contribution in [0.4, 0.5) is 0 Å². The van der Waals surface area contributed by atoms with Crippen LogP contribution in [0.25, 0.3) is 22.4 Å². The summed E-state index contributed by atoms with van der Waals surface area (Å²) in [5.41, 5.74) is 5.92. The van der Waals surface area contributed by atoms with Gasteiger partial charge >= 0.3 is 0 Å². The van der Waals surface area contributed by atoms with Crippen LogP contribution in [0.15, 0.2) is 66.9 Å². The molecule has 0 N–H and O–H groups in total. The zero-order valence-electron chi connectivity index (χ0n) is 13.6. The standard InChI is InChI=1S/C21H20N.Ir/c1-21(2,3)19-13-11-17(12-14-19)16-7-9-18(10-8-16)20-6-4-5-15-22-20;/h4-9,11-15H,1-3H3;/q-1;. The Morgan fingerprint density at radius 1 is 0.826 bits per heavy atom. The molecule has 0 aliphatic carbocycles. The third kappa shape index (κ3) is 4.16. The molecule has 2 aromatic carbocycles. The van der Waals surface area contributed by atoms with Gasteiger partial charge in [-0.15, -0.1) is 29.8 Å². The number of nitrogens with zero attached hydrogens (tertiary/aromatic N) is 1. The first-order chi connectivity index (χ1) is 10.5. The van der Waals surface area contributed by atoms with Crippen LogP contribution in [0.1, 0.15) is 26.3 Å². The molecule has 0 spiro atoms. The molecule has 3 rings (SSSR count). The van der Waals surface area contributed by atoms with Crippen molar-refractivity contribution in [2.45, 2.75) is 26.2 Å². The normalized spacial score (nSPS) is 10.9. The first kappa shape index (κ1) is 17.6. The van der Waals surface area contributed by atoms with E-state index < -0.39 is 0 Å². The van der Waals surface area contributed by atoms with Gasteiger partial charge in [0.25, 0.3) is 0 Å². The van der Waals surface area contributed by atoms with E-state index >= 15 is 0 Å². The maximum atomic E-state index is 4.36. The molecule has 1 radical (unpaired) electrons. The van der Waals surface area contributed by atoms with E-state index in [1.807, 2.05) is 30.5 Å². The van der Waals surface area contributed by atoms with Gasteiger partial charge in [0, 0.05) is 26.3 Å². The minimum atomic E-state index is 0. The Bertz CT molecular complexity index is 739. The number of aromatic nitrogens is 1. The van der Waals surface area contributed by atoms with Crippen molar-refractivity contribution in [1.82, 2.24) is 4.98 Å². The van der Waals surface area contributed by atoms with Crippen molar-refractivity contribution in [2.24, 2.45) is 0 Å². The van der Waals surface area contributed by atoms with E-state index in [-0.39, 0.29) is 25.5 Å². The van der Waals surface area contributed by atoms with Crippen molar-refractivity contribution in [1.29, 1.82) is 0 Å². The van der Waals surface area contributed by atoms with Gasteiger partial charge in [0.1, 0.15) is 0 Å². The molecule has 0 amide bonds. The average Bonchev–Trinajstić information content (AvgIpc) is 2.55. The quantitative estimate of drug-likeness (QED) is 0.443. The zero-order valence-corrected chi connectivity index (χ0v) is 16.0. The molecule has 1 heterocycles. The summed E-state index contributed by atoms with van der Waals surface area (Å²) in [6.45, 7) is 6.70. The smallest absolute Gasteiger partial charge is 0.0160 e. The number of pyridine rings is 1. The monoisotopic (exact) mass is 479 g/mol. The first-order valence-electron chi connectivity index (χ1n) is 7.58. The third-order valence-electron chi connectivity index (χ3n) is 3.84. The van der Waals surface area contributed by atoms with Crippen LogP contribution in [0.3, 0.4) is 0 Å². The third-order valence-corrected chi connectivity index (χ3v) is 3.84. The van der Waals surface area contributed by atoms with Crippen molar-refractivity contribution in [3.8, 4) is 22.4 Å². The van der Waals surface area contributed by atoms with Crippen LogP contribution in [-0.2, 0) is 25.5 Å². The first-order valence-corrected chi connectivity index (χ1v) is 7.58. The Labute approximate surface area is 152 Å². The summed E-state index contributed by atoms with van der Waals surface area (Å²) >= 11 is 0. The topological polar surface area (TPSA) is 12.9 Å². The van der Waals surface area contributed by atoms with Crippen molar-refractivity contribution in [2.75, 3.05) is 0 Å². The minimum absolute atomic E-state index is 0. The Morgan fingerprint density at radius 2 is 1.52 bits per heavy atom. The molecule has 0 unspecified atom stereocenters. The zero-order chi connectivity index (χ0) is 15.6. The molecule has 0 saturated carbocycles. The molecule has 0 fully saturated rings. The van der Waals surface area contributed by atoms with Gasteiger partial charge in [0.2, 0.25) is 0 Å². The summed E-state index contributed by atoms with van der Waals surface area (Å²) in [6.07, 6.45) is 1.81. The summed E-state index contributed by atoms with van der Waals surface area (Å²) in [7, 11) is 0. The van der Waals surface area contributed by atoms with E-state index in [1.165, 1.54) is 16.7 Å². The summed E-state index contributed by atoms with van der Waals surface area (Å²) in [5.74, 6) is 0. The number of hydrogen-bond donors (Lipinski definition) is 0. The minimum Gasteiger partial charge on any atom is -0.305 e. The Hall–Kier alpha value is -1.76. The van der Waals surface area contributed by atoms with Gasteiger partial charge in [0.05, 0.1) is 0 Å². The van der Waals surface area contributed by atoms with Crippen molar-refractivity contribution in [3.05, 3.63) is 78.5 Å². The molecule has 0 atom stereocenters. The molecule has 23 heavy (non-hydrogen) atoms. The predicted molar refractivity (Wildman–Crippen MR) is 92.6 cm³/mol. The van der Waals surface area contributed by atoms with E-state index in [1.54, 1.807) is 0 Å². The second-order valence-corrected chi connectivity index (χ2v) is 6.53. The molecular weight excluding hydrogens is 458 g/mol. The number of rotatable bonds is 2. The van der Waals surface area contributed by atoms with Gasteiger partial charge < -0.3 is 4.98 Å². The van der Waals surface area contributed by atoms with Gasteiger partial charge in [-0.1, -0.05) is 68.3 Å². The van der Waals surface area contributed by atoms with Gasteiger partial charge in [0.15, 0.2) is 0 Å². The molecule has 119 valence electrons. The molecule has 0 aliphatic heterocycles. The molecule has 3 aromatic rings. The molecule has 2 heteroatoms. The molecule has 0 bridgehead atoms. The van der Waals surface area contributed by atoms with Gasteiger partial charge in [-0.2, -0.15) is 0 Å². The van der Waals surface area contributed by atoms with Gasteiger partial charge in [-0.3, -0.25) is 0 Å².